The first kappa shape index (κ1) is 13.4. The molecule has 1 heterocycles. The summed E-state index contributed by atoms with van der Waals surface area (Å²) >= 11 is 6.00. The lowest BCUT2D eigenvalue weighted by Gasteiger charge is -2.05. The minimum Gasteiger partial charge on any atom is -0.325 e. The summed E-state index contributed by atoms with van der Waals surface area (Å²) in [5, 5.41) is 5.35. The third-order valence-electron chi connectivity index (χ3n) is 3.06. The van der Waals surface area contributed by atoms with Crippen molar-refractivity contribution in [1.29, 1.82) is 0 Å². The molecule has 1 aromatic carbocycles. The summed E-state index contributed by atoms with van der Waals surface area (Å²) in [7, 11) is 0. The molecule has 0 saturated heterocycles. The van der Waals surface area contributed by atoms with Crippen LogP contribution in [-0.2, 0) is 6.54 Å². The van der Waals surface area contributed by atoms with E-state index in [9.17, 15) is 0 Å². The van der Waals surface area contributed by atoms with Crippen LogP contribution in [0.5, 0.6) is 0 Å². The molecule has 0 unspecified atom stereocenters. The Morgan fingerprint density at radius 3 is 2.72 bits per heavy atom. The van der Waals surface area contributed by atoms with Gasteiger partial charge in [0.1, 0.15) is 0 Å². The highest BCUT2D eigenvalue weighted by molar-refractivity contribution is 6.30. The van der Waals surface area contributed by atoms with Crippen LogP contribution in [0, 0.1) is 0 Å². The summed E-state index contributed by atoms with van der Waals surface area (Å²) in [5.41, 5.74) is 8.94. The standard InChI is InChI=1S/C13H14ClN3.ClH/c14-10-2-1-3-11(6-10)17-12(8-15)7-13(16-17)9-4-5-9;/h1-3,6-7,9H,4-5,8,15H2;1H. The Kier molecular flexibility index (Phi) is 3.95. The van der Waals surface area contributed by atoms with Crippen molar-refractivity contribution in [2.75, 3.05) is 0 Å². The number of rotatable bonds is 3. The largest absolute Gasteiger partial charge is 0.325 e. The molecule has 1 aliphatic rings. The highest BCUT2D eigenvalue weighted by Gasteiger charge is 2.27. The Bertz CT molecular complexity index is 547. The smallest absolute Gasteiger partial charge is 0.0664 e. The topological polar surface area (TPSA) is 43.8 Å². The molecule has 18 heavy (non-hydrogen) atoms. The zero-order valence-electron chi connectivity index (χ0n) is 9.84. The Hall–Kier alpha value is -1.03. The molecule has 2 aromatic rings. The first-order valence-corrected chi connectivity index (χ1v) is 6.20. The van der Waals surface area contributed by atoms with E-state index in [2.05, 4.69) is 11.2 Å². The van der Waals surface area contributed by atoms with E-state index in [4.69, 9.17) is 17.3 Å². The van der Waals surface area contributed by atoms with E-state index < -0.39 is 0 Å². The molecule has 3 nitrogen and oxygen atoms in total. The van der Waals surface area contributed by atoms with E-state index in [0.717, 1.165) is 17.1 Å². The van der Waals surface area contributed by atoms with Gasteiger partial charge >= 0.3 is 0 Å². The van der Waals surface area contributed by atoms with Gasteiger partial charge in [-0.15, -0.1) is 12.4 Å². The lowest BCUT2D eigenvalue weighted by molar-refractivity contribution is 0.784. The van der Waals surface area contributed by atoms with Crippen LogP contribution in [0.4, 0.5) is 0 Å². The molecule has 1 fully saturated rings. The second-order valence-corrected chi connectivity index (χ2v) is 4.87. The summed E-state index contributed by atoms with van der Waals surface area (Å²) in [6.07, 6.45) is 2.49. The van der Waals surface area contributed by atoms with Crippen LogP contribution < -0.4 is 5.73 Å². The fourth-order valence-electron chi connectivity index (χ4n) is 2.00. The van der Waals surface area contributed by atoms with Gasteiger partial charge in [0.15, 0.2) is 0 Å². The first-order valence-electron chi connectivity index (χ1n) is 5.83. The maximum atomic E-state index is 6.00. The van der Waals surface area contributed by atoms with Gasteiger partial charge in [0, 0.05) is 17.5 Å². The number of hydrogen-bond acceptors (Lipinski definition) is 2. The van der Waals surface area contributed by atoms with Crippen molar-refractivity contribution < 1.29 is 0 Å². The molecule has 5 heteroatoms. The maximum Gasteiger partial charge on any atom is 0.0664 e. The number of hydrogen-bond donors (Lipinski definition) is 1. The summed E-state index contributed by atoms with van der Waals surface area (Å²) in [5.74, 6) is 0.640. The van der Waals surface area contributed by atoms with Gasteiger partial charge in [0.05, 0.1) is 17.1 Å². The summed E-state index contributed by atoms with van der Waals surface area (Å²) < 4.78 is 1.90. The quantitative estimate of drug-likeness (QED) is 0.940. The van der Waals surface area contributed by atoms with E-state index in [0.29, 0.717) is 17.5 Å². The van der Waals surface area contributed by atoms with Crippen LogP contribution in [0.2, 0.25) is 5.02 Å². The van der Waals surface area contributed by atoms with Crippen LogP contribution in [0.25, 0.3) is 5.69 Å². The van der Waals surface area contributed by atoms with Crippen molar-refractivity contribution in [2.45, 2.75) is 25.3 Å². The fourth-order valence-corrected chi connectivity index (χ4v) is 2.18. The van der Waals surface area contributed by atoms with E-state index >= 15 is 0 Å². The Morgan fingerprint density at radius 2 is 2.11 bits per heavy atom. The molecule has 0 spiro atoms. The lowest BCUT2D eigenvalue weighted by atomic mass is 10.2. The van der Waals surface area contributed by atoms with Crippen LogP contribution in [0.15, 0.2) is 30.3 Å². The Balaban J connectivity index is 0.00000120. The van der Waals surface area contributed by atoms with Gasteiger partial charge in [-0.05, 0) is 37.1 Å². The van der Waals surface area contributed by atoms with Gasteiger partial charge in [-0.25, -0.2) is 4.68 Å². The van der Waals surface area contributed by atoms with Crippen LogP contribution in [-0.4, -0.2) is 9.78 Å². The first-order chi connectivity index (χ1) is 8.28. The van der Waals surface area contributed by atoms with E-state index in [1.54, 1.807) is 0 Å². The molecule has 2 N–H and O–H groups in total. The van der Waals surface area contributed by atoms with Crippen molar-refractivity contribution in [2.24, 2.45) is 5.73 Å². The third kappa shape index (κ3) is 2.53. The molecule has 1 aliphatic carbocycles. The number of nitrogens with zero attached hydrogens (tertiary/aromatic N) is 2. The van der Waals surface area contributed by atoms with Gasteiger partial charge < -0.3 is 5.73 Å². The predicted octanol–water partition coefficient (Wildman–Crippen LogP) is 3.28. The summed E-state index contributed by atoms with van der Waals surface area (Å²) in [6, 6.07) is 9.80. The molecular formula is C13H15Cl2N3. The van der Waals surface area contributed by atoms with Crippen molar-refractivity contribution in [3.8, 4) is 5.69 Å². The van der Waals surface area contributed by atoms with Gasteiger partial charge in [-0.2, -0.15) is 5.10 Å². The minimum atomic E-state index is 0. The summed E-state index contributed by atoms with van der Waals surface area (Å²) in [4.78, 5) is 0. The molecule has 96 valence electrons. The van der Waals surface area contributed by atoms with E-state index in [1.807, 2.05) is 28.9 Å². The highest BCUT2D eigenvalue weighted by Crippen LogP contribution is 2.39. The fraction of sp³-hybridized carbons (Fsp3) is 0.308. The maximum absolute atomic E-state index is 6.00. The SMILES string of the molecule is Cl.NCc1cc(C2CC2)nn1-c1cccc(Cl)c1. The van der Waals surface area contributed by atoms with Gasteiger partial charge in [-0.3, -0.25) is 0 Å². The zero-order chi connectivity index (χ0) is 11.8. The van der Waals surface area contributed by atoms with Gasteiger partial charge in [0.2, 0.25) is 0 Å². The van der Waals surface area contributed by atoms with Gasteiger partial charge in [0.25, 0.3) is 0 Å². The Labute approximate surface area is 117 Å². The van der Waals surface area contributed by atoms with Crippen molar-refractivity contribution in [3.63, 3.8) is 0 Å². The third-order valence-corrected chi connectivity index (χ3v) is 3.29. The zero-order valence-corrected chi connectivity index (χ0v) is 11.4. The number of halogens is 2. The number of nitrogens with two attached hydrogens (primary N) is 1. The van der Waals surface area contributed by atoms with E-state index in [1.165, 1.54) is 12.8 Å². The molecule has 3 rings (SSSR count). The second-order valence-electron chi connectivity index (χ2n) is 4.43. The lowest BCUT2D eigenvalue weighted by Crippen LogP contribution is -2.06. The predicted molar refractivity (Wildman–Crippen MR) is 75.7 cm³/mol. The van der Waals surface area contributed by atoms with Gasteiger partial charge in [-0.1, -0.05) is 17.7 Å². The number of benzene rings is 1. The van der Waals surface area contributed by atoms with Crippen molar-refractivity contribution >= 4 is 24.0 Å². The average Bonchev–Trinajstić information content (AvgIpc) is 3.09. The number of aromatic nitrogens is 2. The highest BCUT2D eigenvalue weighted by atomic mass is 35.5. The van der Waals surface area contributed by atoms with Crippen LogP contribution >= 0.6 is 24.0 Å². The molecule has 0 bridgehead atoms. The van der Waals surface area contributed by atoms with Crippen molar-refractivity contribution in [1.82, 2.24) is 9.78 Å². The minimum absolute atomic E-state index is 0. The average molecular weight is 284 g/mol. The molecule has 1 aromatic heterocycles. The van der Waals surface area contributed by atoms with E-state index in [-0.39, 0.29) is 12.4 Å². The molecule has 1 saturated carbocycles. The van der Waals surface area contributed by atoms with Crippen molar-refractivity contribution in [3.05, 3.63) is 46.7 Å². The molecule has 0 aliphatic heterocycles. The second kappa shape index (κ2) is 5.31. The molecule has 0 radical (unpaired) electrons. The van der Waals surface area contributed by atoms with Crippen LogP contribution in [0.3, 0.4) is 0 Å². The molecule has 0 amide bonds. The normalized spacial score (nSPS) is 14.3. The van der Waals surface area contributed by atoms with Crippen LogP contribution in [0.1, 0.15) is 30.1 Å². The summed E-state index contributed by atoms with van der Waals surface area (Å²) in [6.45, 7) is 0.492. The monoisotopic (exact) mass is 283 g/mol. The molecule has 0 atom stereocenters. The Morgan fingerprint density at radius 1 is 1.33 bits per heavy atom. The molecular weight excluding hydrogens is 269 g/mol.